The molecule has 4 unspecified atom stereocenters. The van der Waals surface area contributed by atoms with Crippen molar-refractivity contribution in [2.24, 2.45) is 0 Å². The van der Waals surface area contributed by atoms with Crippen LogP contribution < -0.4 is 4.72 Å². The van der Waals surface area contributed by atoms with Crippen LogP contribution in [0.1, 0.15) is 56.5 Å². The minimum absolute atomic E-state index is 0.0621. The Morgan fingerprint density at radius 3 is 1.94 bits per heavy atom. The highest BCUT2D eigenvalue weighted by atomic mass is 32.2. The highest BCUT2D eigenvalue weighted by molar-refractivity contribution is 7.99. The largest absolute Gasteiger partial charge is 0.478 e. The van der Waals surface area contributed by atoms with E-state index in [9.17, 15) is 23.4 Å². The van der Waals surface area contributed by atoms with Crippen LogP contribution in [0.25, 0.3) is 0 Å². The summed E-state index contributed by atoms with van der Waals surface area (Å²) < 4.78 is 41.6. The van der Waals surface area contributed by atoms with Crippen LogP contribution in [0.2, 0.25) is 0 Å². The zero-order chi connectivity index (χ0) is 33.5. The van der Waals surface area contributed by atoms with Gasteiger partial charge in [-0.25, -0.2) is 17.9 Å². The molecule has 1 aliphatic heterocycles. The average Bonchev–Trinajstić information content (AvgIpc) is 3.14. The lowest BCUT2D eigenvalue weighted by molar-refractivity contribution is -0.255. The first-order valence-corrected chi connectivity index (χ1v) is 17.9. The molecule has 5 aromatic rings. The van der Waals surface area contributed by atoms with Gasteiger partial charge in [0.2, 0.25) is 10.0 Å². The fourth-order valence-corrected chi connectivity index (χ4v) is 7.69. The Hall–Kier alpha value is -4.29. The lowest BCUT2D eigenvalue weighted by Gasteiger charge is -2.43. The van der Waals surface area contributed by atoms with Gasteiger partial charge in [-0.1, -0.05) is 97.1 Å². The number of hydrogen-bond donors (Lipinski definition) is 3. The maximum absolute atomic E-state index is 12.7. The van der Waals surface area contributed by atoms with Gasteiger partial charge < -0.3 is 19.7 Å². The number of rotatable bonds is 12. The molecule has 5 aromatic carbocycles. The quantitative estimate of drug-likeness (QED) is 0.119. The normalized spacial score (nSPS) is 19.5. The molecular weight excluding hydrogens is 647 g/mol. The third kappa shape index (κ3) is 8.04. The number of aliphatic hydroxyl groups excluding tert-OH is 1. The van der Waals surface area contributed by atoms with Crippen molar-refractivity contribution in [3.63, 3.8) is 0 Å². The Morgan fingerprint density at radius 2 is 1.31 bits per heavy atom. The number of nitrogens with one attached hydrogen (secondary N) is 1. The van der Waals surface area contributed by atoms with Crippen LogP contribution in [0, 0.1) is 0 Å². The van der Waals surface area contributed by atoms with Gasteiger partial charge in [-0.15, -0.1) is 11.8 Å². The topological polar surface area (TPSA) is 122 Å². The summed E-state index contributed by atoms with van der Waals surface area (Å²) in [5, 5.41) is 19.0. The Kier molecular flexibility index (Phi) is 10.7. The zero-order valence-electron chi connectivity index (χ0n) is 25.9. The molecule has 10 heteroatoms. The van der Waals surface area contributed by atoms with E-state index in [0.717, 1.165) is 32.7 Å². The molecule has 48 heavy (non-hydrogen) atoms. The third-order valence-electron chi connectivity index (χ3n) is 8.26. The van der Waals surface area contributed by atoms with Crippen molar-refractivity contribution < 1.29 is 32.9 Å². The predicted octanol–water partition coefficient (Wildman–Crippen LogP) is 7.09. The van der Waals surface area contributed by atoms with E-state index in [4.69, 9.17) is 9.47 Å². The molecule has 1 fully saturated rings. The summed E-state index contributed by atoms with van der Waals surface area (Å²) in [5.74, 6) is -0.586. The van der Waals surface area contributed by atoms with Crippen LogP contribution in [0.4, 0.5) is 0 Å². The van der Waals surface area contributed by atoms with Gasteiger partial charge in [0.1, 0.15) is 0 Å². The van der Waals surface area contributed by atoms with Crippen LogP contribution >= 0.6 is 11.8 Å². The van der Waals surface area contributed by atoms with E-state index in [0.29, 0.717) is 5.75 Å². The van der Waals surface area contributed by atoms with E-state index >= 15 is 0 Å². The first kappa shape index (κ1) is 33.6. The number of aliphatic hydroxyl groups is 1. The summed E-state index contributed by atoms with van der Waals surface area (Å²) in [4.78, 5) is 12.5. The molecule has 1 heterocycles. The number of benzene rings is 5. The van der Waals surface area contributed by atoms with Crippen molar-refractivity contribution >= 4 is 27.8 Å². The van der Waals surface area contributed by atoms with Crippen LogP contribution in [0.15, 0.2) is 143 Å². The van der Waals surface area contributed by atoms with Gasteiger partial charge >= 0.3 is 5.97 Å². The molecule has 4 atom stereocenters. The Balaban J connectivity index is 1.27. The van der Waals surface area contributed by atoms with Crippen molar-refractivity contribution in [2.45, 2.75) is 47.4 Å². The summed E-state index contributed by atoms with van der Waals surface area (Å²) in [6, 6.07) is 40.4. The van der Waals surface area contributed by atoms with Gasteiger partial charge in [0, 0.05) is 28.7 Å². The van der Waals surface area contributed by atoms with Gasteiger partial charge in [0.05, 0.1) is 29.3 Å². The number of thioether (sulfide) groups is 1. The van der Waals surface area contributed by atoms with Crippen molar-refractivity contribution in [3.05, 3.63) is 167 Å². The van der Waals surface area contributed by atoms with Gasteiger partial charge in [-0.3, -0.25) is 0 Å². The molecule has 1 aliphatic rings. The van der Waals surface area contributed by atoms with E-state index in [1.165, 1.54) is 0 Å². The fourth-order valence-electron chi connectivity index (χ4n) is 5.68. The van der Waals surface area contributed by atoms with Crippen molar-refractivity contribution in [3.8, 4) is 0 Å². The smallest absolute Gasteiger partial charge is 0.335 e. The van der Waals surface area contributed by atoms with Gasteiger partial charge in [-0.05, 0) is 58.7 Å². The highest BCUT2D eigenvalue weighted by Gasteiger charge is 2.41. The minimum atomic E-state index is -3.65. The van der Waals surface area contributed by atoms with E-state index < -0.39 is 28.4 Å². The Bertz CT molecular complexity index is 1900. The van der Waals surface area contributed by atoms with Crippen molar-refractivity contribution in [2.75, 3.05) is 5.75 Å². The molecule has 0 aromatic heterocycles. The number of carboxylic acids is 1. The molecule has 246 valence electrons. The maximum atomic E-state index is 12.7. The van der Waals surface area contributed by atoms with Crippen LogP contribution in [0.3, 0.4) is 0 Å². The van der Waals surface area contributed by atoms with Crippen LogP contribution in [-0.2, 0) is 32.6 Å². The second kappa shape index (κ2) is 15.3. The molecule has 0 saturated carbocycles. The highest BCUT2D eigenvalue weighted by Crippen LogP contribution is 2.48. The second-order valence-corrected chi connectivity index (χ2v) is 14.3. The molecule has 8 nitrogen and oxygen atoms in total. The third-order valence-corrected chi connectivity index (χ3v) is 10.8. The first-order valence-electron chi connectivity index (χ1n) is 15.5. The molecule has 0 aliphatic carbocycles. The molecule has 0 radical (unpaired) electrons. The molecule has 0 amide bonds. The number of carboxylic acid groups (broad SMARTS) is 1. The molecule has 0 bridgehead atoms. The first-order chi connectivity index (χ1) is 23.3. The lowest BCUT2D eigenvalue weighted by atomic mass is 9.84. The van der Waals surface area contributed by atoms with E-state index in [-0.39, 0.29) is 35.6 Å². The minimum Gasteiger partial charge on any atom is -0.478 e. The molecule has 0 spiro atoms. The number of hydrogen-bond acceptors (Lipinski definition) is 7. The zero-order valence-corrected chi connectivity index (χ0v) is 27.5. The lowest BCUT2D eigenvalue weighted by Crippen LogP contribution is -2.38. The number of ether oxygens (including phenoxy) is 2. The van der Waals surface area contributed by atoms with Gasteiger partial charge in [0.15, 0.2) is 6.29 Å². The SMILES string of the molecule is O=C(O)c1ccc(SCC2OC(c3ccc(CNS(=O)(=O)c4ccccc4)cc3)OC(c3ccc(CO)cc3)C2c2ccccc2)cc1. The van der Waals surface area contributed by atoms with Gasteiger partial charge in [-0.2, -0.15) is 0 Å². The van der Waals surface area contributed by atoms with E-state index in [2.05, 4.69) is 16.9 Å². The standard InChI is InChI=1S/C38H35NO7S2/c40-24-27-13-15-29(16-14-27)36-35(28-7-3-1-4-8-28)34(25-47-32-21-19-30(20-22-32)37(41)42)45-38(46-36)31-17-11-26(12-18-31)23-39-48(43,44)33-9-5-2-6-10-33/h1-22,34-36,38-40H,23-25H2,(H,41,42). The average molecular weight is 682 g/mol. The molecular formula is C38H35NO7S2. The van der Waals surface area contributed by atoms with Gasteiger partial charge in [0.25, 0.3) is 0 Å². The number of aromatic carboxylic acids is 1. The summed E-state index contributed by atoms with van der Waals surface area (Å²) in [6.45, 7) is 0.0627. The summed E-state index contributed by atoms with van der Waals surface area (Å²) in [5.41, 5.74) is 4.60. The number of sulfonamides is 1. The fraction of sp³-hybridized carbons (Fsp3) is 0.184. The molecule has 1 saturated heterocycles. The summed E-state index contributed by atoms with van der Waals surface area (Å²) in [7, 11) is -3.65. The molecule has 3 N–H and O–H groups in total. The predicted molar refractivity (Wildman–Crippen MR) is 184 cm³/mol. The van der Waals surface area contributed by atoms with E-state index in [1.807, 2.05) is 66.7 Å². The molecule has 6 rings (SSSR count). The monoisotopic (exact) mass is 681 g/mol. The van der Waals surface area contributed by atoms with E-state index in [1.54, 1.807) is 66.4 Å². The summed E-state index contributed by atoms with van der Waals surface area (Å²) in [6.07, 6.45) is -1.42. The Morgan fingerprint density at radius 1 is 0.708 bits per heavy atom. The maximum Gasteiger partial charge on any atom is 0.335 e. The number of carbonyl (C=O) groups is 1. The Labute approximate surface area is 284 Å². The second-order valence-electron chi connectivity index (χ2n) is 11.4. The summed E-state index contributed by atoms with van der Waals surface area (Å²) >= 11 is 1.58. The van der Waals surface area contributed by atoms with Crippen molar-refractivity contribution in [1.29, 1.82) is 0 Å². The van der Waals surface area contributed by atoms with Crippen LogP contribution in [-0.4, -0.2) is 36.5 Å². The van der Waals surface area contributed by atoms with Crippen molar-refractivity contribution in [1.82, 2.24) is 4.72 Å². The van der Waals surface area contributed by atoms with Crippen LogP contribution in [0.5, 0.6) is 0 Å².